The summed E-state index contributed by atoms with van der Waals surface area (Å²) in [5.41, 5.74) is 4.78. The van der Waals surface area contributed by atoms with Crippen LogP contribution in [0.3, 0.4) is 0 Å². The van der Waals surface area contributed by atoms with Crippen LogP contribution < -0.4 is 10.2 Å². The summed E-state index contributed by atoms with van der Waals surface area (Å²) in [5, 5.41) is 3.09. The maximum Gasteiger partial charge on any atom is 0.322 e. The average molecular weight is 366 g/mol. The molecular weight excluding hydrogens is 334 g/mol. The van der Waals surface area contributed by atoms with Crippen molar-refractivity contribution in [2.24, 2.45) is 0 Å². The molecule has 0 atom stereocenters. The monoisotopic (exact) mass is 365 g/mol. The van der Waals surface area contributed by atoms with E-state index in [1.165, 1.54) is 16.8 Å². The number of benzene rings is 2. The van der Waals surface area contributed by atoms with Crippen molar-refractivity contribution in [2.75, 3.05) is 29.9 Å². The molecule has 0 aliphatic carbocycles. The van der Waals surface area contributed by atoms with Gasteiger partial charge in [0.2, 0.25) is 0 Å². The van der Waals surface area contributed by atoms with Crippen molar-refractivity contribution in [3.8, 4) is 0 Å². The number of nitrogens with zero attached hydrogens (tertiary/aromatic N) is 2. The van der Waals surface area contributed by atoms with Crippen molar-refractivity contribution < 1.29 is 4.79 Å². The summed E-state index contributed by atoms with van der Waals surface area (Å²) >= 11 is 0. The zero-order chi connectivity index (χ0) is 19.2. The number of amides is 2. The average Bonchev–Trinajstić information content (AvgIpc) is 2.88. The van der Waals surface area contributed by atoms with Crippen LogP contribution in [0.5, 0.6) is 0 Å². The molecule has 2 aliphatic rings. The number of piperidine rings is 1. The summed E-state index contributed by atoms with van der Waals surface area (Å²) in [4.78, 5) is 17.1. The third-order valence-electron chi connectivity index (χ3n) is 5.45. The van der Waals surface area contributed by atoms with E-state index >= 15 is 0 Å². The third kappa shape index (κ3) is 4.44. The molecule has 0 aromatic heterocycles. The third-order valence-corrected chi connectivity index (χ3v) is 5.45. The highest BCUT2D eigenvalue weighted by Gasteiger charge is 2.29. The van der Waals surface area contributed by atoms with Crippen LogP contribution in [0, 0.1) is 6.92 Å². The Morgan fingerprint density at radius 1 is 0.926 bits per heavy atom. The number of nitrogens with one attached hydrogen (secondary N) is 1. The lowest BCUT2D eigenvalue weighted by atomic mass is 10.0. The fourth-order valence-electron chi connectivity index (χ4n) is 3.93. The van der Waals surface area contributed by atoms with Crippen molar-refractivity contribution in [1.29, 1.82) is 0 Å². The Morgan fingerprint density at radius 2 is 1.59 bits per heavy atom. The van der Waals surface area contributed by atoms with Crippen LogP contribution in [0.1, 0.15) is 37.8 Å². The molecule has 1 saturated heterocycles. The second-order valence-corrected chi connectivity index (χ2v) is 7.08. The molecule has 2 amide bonds. The van der Waals surface area contributed by atoms with Crippen LogP contribution in [0.4, 0.5) is 16.2 Å². The van der Waals surface area contributed by atoms with E-state index in [0.717, 1.165) is 44.6 Å². The second-order valence-electron chi connectivity index (χ2n) is 7.08. The van der Waals surface area contributed by atoms with Gasteiger partial charge >= 0.3 is 6.03 Å². The first kappa shape index (κ1) is 19.3. The molecule has 1 N–H and O–H groups in total. The predicted octanol–water partition coefficient (Wildman–Crippen LogP) is 5.08. The van der Waals surface area contributed by atoms with Gasteiger partial charge < -0.3 is 15.1 Å². The Bertz CT molecular complexity index is 748. The number of carbonyl (C=O) groups excluding carboxylic acids is 1. The number of anilines is 2. The first-order valence-corrected chi connectivity index (χ1v) is 10.2. The van der Waals surface area contributed by atoms with Gasteiger partial charge in [0.15, 0.2) is 0 Å². The molecule has 2 heterocycles. The van der Waals surface area contributed by atoms with Gasteiger partial charge in [0.05, 0.1) is 0 Å². The minimum atomic E-state index is 0.0544. The van der Waals surface area contributed by atoms with Gasteiger partial charge in [-0.15, -0.1) is 0 Å². The summed E-state index contributed by atoms with van der Waals surface area (Å²) < 4.78 is 0. The van der Waals surface area contributed by atoms with Crippen molar-refractivity contribution in [1.82, 2.24) is 4.90 Å². The van der Waals surface area contributed by atoms with E-state index in [2.05, 4.69) is 47.5 Å². The first-order valence-electron chi connectivity index (χ1n) is 10.2. The van der Waals surface area contributed by atoms with Crippen molar-refractivity contribution in [3.63, 3.8) is 0 Å². The molecular formula is C23H31N3O. The highest BCUT2D eigenvalue weighted by atomic mass is 16.2. The van der Waals surface area contributed by atoms with Gasteiger partial charge in [0.25, 0.3) is 0 Å². The van der Waals surface area contributed by atoms with Crippen LogP contribution in [-0.2, 0) is 6.42 Å². The van der Waals surface area contributed by atoms with Crippen LogP contribution in [0.15, 0.2) is 48.5 Å². The summed E-state index contributed by atoms with van der Waals surface area (Å²) in [6, 6.07) is 17.2. The Morgan fingerprint density at radius 3 is 2.30 bits per heavy atom. The Kier molecular flexibility index (Phi) is 6.38. The maximum absolute atomic E-state index is 12.7. The van der Waals surface area contributed by atoms with E-state index in [0.29, 0.717) is 6.04 Å². The van der Waals surface area contributed by atoms with E-state index in [9.17, 15) is 4.79 Å². The predicted molar refractivity (Wildman–Crippen MR) is 114 cm³/mol. The quantitative estimate of drug-likeness (QED) is 0.805. The Hall–Kier alpha value is -2.49. The zero-order valence-electron chi connectivity index (χ0n) is 16.7. The van der Waals surface area contributed by atoms with Gasteiger partial charge in [0, 0.05) is 37.1 Å². The molecule has 0 radical (unpaired) electrons. The lowest BCUT2D eigenvalue weighted by Gasteiger charge is -2.39. The van der Waals surface area contributed by atoms with E-state index in [4.69, 9.17) is 0 Å². The molecule has 4 nitrogen and oxygen atoms in total. The molecule has 0 saturated carbocycles. The minimum Gasteiger partial charge on any atom is -0.371 e. The van der Waals surface area contributed by atoms with Gasteiger partial charge in [0.1, 0.15) is 0 Å². The molecule has 0 spiro atoms. The molecule has 27 heavy (non-hydrogen) atoms. The lowest BCUT2D eigenvalue weighted by molar-refractivity contribution is 0.177. The fourth-order valence-corrected chi connectivity index (χ4v) is 3.93. The van der Waals surface area contributed by atoms with Crippen LogP contribution in [0.2, 0.25) is 0 Å². The Balaban J connectivity index is 0.00000102. The summed E-state index contributed by atoms with van der Waals surface area (Å²) in [6.07, 6.45) is 2.97. The van der Waals surface area contributed by atoms with Crippen LogP contribution in [0.25, 0.3) is 0 Å². The van der Waals surface area contributed by atoms with Gasteiger partial charge in [-0.1, -0.05) is 49.7 Å². The molecule has 2 aromatic rings. The van der Waals surface area contributed by atoms with E-state index < -0.39 is 0 Å². The number of fused-ring (bicyclic) bond motifs is 1. The highest BCUT2D eigenvalue weighted by Crippen LogP contribution is 2.26. The van der Waals surface area contributed by atoms with E-state index in [1.54, 1.807) is 0 Å². The van der Waals surface area contributed by atoms with Gasteiger partial charge in [-0.25, -0.2) is 4.79 Å². The molecule has 1 fully saturated rings. The smallest absolute Gasteiger partial charge is 0.322 e. The first-order chi connectivity index (χ1) is 13.2. The second kappa shape index (κ2) is 8.94. The lowest BCUT2D eigenvalue weighted by Crippen LogP contribution is -2.48. The molecule has 0 unspecified atom stereocenters. The topological polar surface area (TPSA) is 35.6 Å². The number of hydrogen-bond acceptors (Lipinski definition) is 2. The van der Waals surface area contributed by atoms with E-state index in [-0.39, 0.29) is 6.03 Å². The number of para-hydroxylation sites is 1. The normalized spacial score (nSPS) is 17.4. The van der Waals surface area contributed by atoms with E-state index in [1.807, 2.05) is 36.9 Å². The van der Waals surface area contributed by atoms with Crippen molar-refractivity contribution >= 4 is 17.4 Å². The summed E-state index contributed by atoms with van der Waals surface area (Å²) in [5.74, 6) is 0. The summed E-state index contributed by atoms with van der Waals surface area (Å²) in [7, 11) is 0. The van der Waals surface area contributed by atoms with Crippen LogP contribution >= 0.6 is 0 Å². The standard InChI is InChI=1S/C21H25N3O.C2H6/c1-16-6-8-18(9-7-16)23-13-11-19(12-14-23)24-15-10-17-4-2-3-5-20(17)22-21(24)25;1-2/h2-9,19H,10-15H2,1H3,(H,22,25);1-2H3. The number of rotatable bonds is 2. The minimum absolute atomic E-state index is 0.0544. The van der Waals surface area contributed by atoms with Gasteiger partial charge in [-0.05, 0) is 49.9 Å². The maximum atomic E-state index is 12.7. The number of urea groups is 1. The van der Waals surface area contributed by atoms with Crippen molar-refractivity contribution in [2.45, 2.75) is 46.1 Å². The molecule has 144 valence electrons. The molecule has 0 bridgehead atoms. The van der Waals surface area contributed by atoms with Crippen molar-refractivity contribution in [3.05, 3.63) is 59.7 Å². The zero-order valence-corrected chi connectivity index (χ0v) is 16.7. The SMILES string of the molecule is CC.Cc1ccc(N2CCC(N3CCc4ccccc4NC3=O)CC2)cc1. The Labute approximate surface area is 163 Å². The number of hydrogen-bond donors (Lipinski definition) is 1. The molecule has 2 aromatic carbocycles. The highest BCUT2D eigenvalue weighted by molar-refractivity contribution is 5.91. The van der Waals surface area contributed by atoms with Gasteiger partial charge in [-0.3, -0.25) is 0 Å². The molecule has 4 heteroatoms. The van der Waals surface area contributed by atoms with Gasteiger partial charge in [-0.2, -0.15) is 0 Å². The summed E-state index contributed by atoms with van der Waals surface area (Å²) in [6.45, 7) is 8.93. The number of aryl methyl sites for hydroxylation is 1. The molecule has 4 rings (SSSR count). The fraction of sp³-hybridized carbons (Fsp3) is 0.435. The molecule has 2 aliphatic heterocycles. The number of carbonyl (C=O) groups is 1. The van der Waals surface area contributed by atoms with Crippen LogP contribution in [-0.4, -0.2) is 36.6 Å². The largest absolute Gasteiger partial charge is 0.371 e.